The van der Waals surface area contributed by atoms with Gasteiger partial charge in [-0.25, -0.2) is 4.98 Å². The van der Waals surface area contributed by atoms with Crippen molar-refractivity contribution in [2.24, 2.45) is 0 Å². The molecule has 0 spiro atoms. The van der Waals surface area contributed by atoms with E-state index in [9.17, 15) is 4.79 Å². The van der Waals surface area contributed by atoms with Gasteiger partial charge in [-0.05, 0) is 18.4 Å². The van der Waals surface area contributed by atoms with Gasteiger partial charge in [-0.3, -0.25) is 4.79 Å². The molecule has 18 heavy (non-hydrogen) atoms. The van der Waals surface area contributed by atoms with E-state index in [0.29, 0.717) is 6.54 Å². The first-order chi connectivity index (χ1) is 8.65. The second-order valence-corrected chi connectivity index (χ2v) is 4.64. The molecule has 0 saturated heterocycles. The number of hydrogen-bond donors (Lipinski definition) is 2. The zero-order valence-electron chi connectivity index (χ0n) is 10.3. The summed E-state index contributed by atoms with van der Waals surface area (Å²) in [4.78, 5) is 21.8. The van der Waals surface area contributed by atoms with E-state index in [2.05, 4.69) is 15.3 Å². The Labute approximate surface area is 109 Å². The number of carbonyl (C=O) groups is 1. The van der Waals surface area contributed by atoms with Crippen LogP contribution in [0.25, 0.3) is 10.2 Å². The number of nitrogens with two attached hydrogens (primary N) is 1. The van der Waals surface area contributed by atoms with E-state index < -0.39 is 0 Å². The average molecular weight is 265 g/mol. The third-order valence-electron chi connectivity index (χ3n) is 2.60. The SMILES string of the molecule is CCN(CC(=O)NC)c1nc(N)nc2ccsc12. The highest BCUT2D eigenvalue weighted by Gasteiger charge is 2.15. The first-order valence-corrected chi connectivity index (χ1v) is 6.50. The molecule has 7 heteroatoms. The predicted molar refractivity (Wildman–Crippen MR) is 73.8 cm³/mol. The van der Waals surface area contributed by atoms with Crippen molar-refractivity contribution in [3.05, 3.63) is 11.4 Å². The smallest absolute Gasteiger partial charge is 0.239 e. The summed E-state index contributed by atoms with van der Waals surface area (Å²) in [5, 5.41) is 4.54. The zero-order chi connectivity index (χ0) is 13.1. The molecule has 2 heterocycles. The highest BCUT2D eigenvalue weighted by atomic mass is 32.1. The minimum absolute atomic E-state index is 0.0567. The third kappa shape index (κ3) is 2.35. The Hall–Kier alpha value is -1.89. The monoisotopic (exact) mass is 265 g/mol. The molecule has 0 radical (unpaired) electrons. The number of hydrogen-bond acceptors (Lipinski definition) is 6. The maximum Gasteiger partial charge on any atom is 0.239 e. The first-order valence-electron chi connectivity index (χ1n) is 5.62. The molecule has 0 aliphatic rings. The van der Waals surface area contributed by atoms with E-state index in [4.69, 9.17) is 5.73 Å². The summed E-state index contributed by atoms with van der Waals surface area (Å²) in [7, 11) is 1.62. The number of anilines is 2. The van der Waals surface area contributed by atoms with Gasteiger partial charge < -0.3 is 16.0 Å². The van der Waals surface area contributed by atoms with Crippen molar-refractivity contribution in [2.75, 3.05) is 30.8 Å². The molecule has 0 aliphatic heterocycles. The molecule has 96 valence electrons. The molecule has 2 aromatic heterocycles. The second-order valence-electron chi connectivity index (χ2n) is 3.73. The van der Waals surface area contributed by atoms with Gasteiger partial charge >= 0.3 is 0 Å². The highest BCUT2D eigenvalue weighted by molar-refractivity contribution is 7.17. The number of fused-ring (bicyclic) bond motifs is 1. The van der Waals surface area contributed by atoms with E-state index in [1.165, 1.54) is 0 Å². The van der Waals surface area contributed by atoms with Crippen molar-refractivity contribution >= 4 is 39.2 Å². The molecule has 2 rings (SSSR count). The van der Waals surface area contributed by atoms with Crippen LogP contribution in [0.4, 0.5) is 11.8 Å². The molecule has 2 aromatic rings. The molecule has 0 bridgehead atoms. The van der Waals surface area contributed by atoms with Gasteiger partial charge in [-0.1, -0.05) is 0 Å². The zero-order valence-corrected chi connectivity index (χ0v) is 11.1. The van der Waals surface area contributed by atoms with Gasteiger partial charge in [0.15, 0.2) is 5.82 Å². The van der Waals surface area contributed by atoms with Crippen LogP contribution in [-0.2, 0) is 4.79 Å². The van der Waals surface area contributed by atoms with E-state index >= 15 is 0 Å². The van der Waals surface area contributed by atoms with Crippen molar-refractivity contribution in [1.29, 1.82) is 0 Å². The van der Waals surface area contributed by atoms with Crippen molar-refractivity contribution in [2.45, 2.75) is 6.92 Å². The van der Waals surface area contributed by atoms with Crippen molar-refractivity contribution in [1.82, 2.24) is 15.3 Å². The summed E-state index contributed by atoms with van der Waals surface area (Å²) in [5.41, 5.74) is 6.51. The van der Waals surface area contributed by atoms with Gasteiger partial charge in [0.05, 0.1) is 16.8 Å². The number of nitrogens with zero attached hydrogens (tertiary/aromatic N) is 3. The Balaban J connectivity index is 2.43. The van der Waals surface area contributed by atoms with Gasteiger partial charge in [-0.2, -0.15) is 4.98 Å². The number of aromatic nitrogens is 2. The Morgan fingerprint density at radius 3 is 3.00 bits per heavy atom. The van der Waals surface area contributed by atoms with Crippen LogP contribution in [0, 0.1) is 0 Å². The van der Waals surface area contributed by atoms with Gasteiger partial charge in [0.25, 0.3) is 0 Å². The van der Waals surface area contributed by atoms with Crippen molar-refractivity contribution in [3.8, 4) is 0 Å². The lowest BCUT2D eigenvalue weighted by Crippen LogP contribution is -2.36. The van der Waals surface area contributed by atoms with Crippen LogP contribution in [-0.4, -0.2) is 36.0 Å². The molecule has 0 aromatic carbocycles. The molecule has 0 aliphatic carbocycles. The second kappa shape index (κ2) is 5.18. The number of thiophene rings is 1. The predicted octanol–water partition coefficient (Wildman–Crippen LogP) is 0.846. The van der Waals surface area contributed by atoms with E-state index in [0.717, 1.165) is 16.0 Å². The average Bonchev–Trinajstić information content (AvgIpc) is 2.82. The Morgan fingerprint density at radius 1 is 1.56 bits per heavy atom. The number of amides is 1. The number of nitrogens with one attached hydrogen (secondary N) is 1. The molecule has 0 saturated carbocycles. The fraction of sp³-hybridized carbons (Fsp3) is 0.364. The van der Waals surface area contributed by atoms with Crippen LogP contribution >= 0.6 is 11.3 Å². The molecule has 0 fully saturated rings. The normalized spacial score (nSPS) is 10.6. The quantitative estimate of drug-likeness (QED) is 0.856. The van der Waals surface area contributed by atoms with Gasteiger partial charge in [0.2, 0.25) is 11.9 Å². The van der Waals surface area contributed by atoms with E-state index in [-0.39, 0.29) is 18.4 Å². The van der Waals surface area contributed by atoms with Crippen LogP contribution in [0.15, 0.2) is 11.4 Å². The summed E-state index contributed by atoms with van der Waals surface area (Å²) >= 11 is 1.55. The Morgan fingerprint density at radius 2 is 2.33 bits per heavy atom. The van der Waals surface area contributed by atoms with Crippen molar-refractivity contribution < 1.29 is 4.79 Å². The van der Waals surface area contributed by atoms with E-state index in [1.54, 1.807) is 18.4 Å². The standard InChI is InChI=1S/C11H15N5OS/c1-3-16(6-8(17)13-2)10-9-7(4-5-18-9)14-11(12)15-10/h4-5H,3,6H2,1-2H3,(H,13,17)(H2,12,14,15). The fourth-order valence-corrected chi connectivity index (χ4v) is 2.52. The number of nitrogen functional groups attached to an aromatic ring is 1. The van der Waals surface area contributed by atoms with Gasteiger partial charge in [0, 0.05) is 13.6 Å². The summed E-state index contributed by atoms with van der Waals surface area (Å²) in [6.07, 6.45) is 0. The molecule has 1 amide bonds. The van der Waals surface area contributed by atoms with Crippen LogP contribution in [0.5, 0.6) is 0 Å². The summed E-state index contributed by atoms with van der Waals surface area (Å²) in [5.74, 6) is 0.892. The lowest BCUT2D eigenvalue weighted by Gasteiger charge is -2.21. The summed E-state index contributed by atoms with van der Waals surface area (Å²) in [6, 6.07) is 1.90. The molecular weight excluding hydrogens is 250 g/mol. The van der Waals surface area contributed by atoms with E-state index in [1.807, 2.05) is 23.3 Å². The maximum absolute atomic E-state index is 11.5. The maximum atomic E-state index is 11.5. The number of rotatable bonds is 4. The van der Waals surface area contributed by atoms with Crippen LogP contribution in [0.1, 0.15) is 6.92 Å². The topological polar surface area (TPSA) is 84.1 Å². The number of likely N-dealkylation sites (N-methyl/N-ethyl adjacent to an activating group) is 2. The molecule has 0 atom stereocenters. The molecular formula is C11H15N5OS. The van der Waals surface area contributed by atoms with Gasteiger partial charge in [-0.15, -0.1) is 11.3 Å². The van der Waals surface area contributed by atoms with Gasteiger partial charge in [0.1, 0.15) is 0 Å². The lowest BCUT2D eigenvalue weighted by atomic mass is 10.4. The Bertz CT molecular complexity index is 568. The van der Waals surface area contributed by atoms with Crippen LogP contribution in [0.2, 0.25) is 0 Å². The fourth-order valence-electron chi connectivity index (χ4n) is 1.67. The minimum Gasteiger partial charge on any atom is -0.368 e. The van der Waals surface area contributed by atoms with Crippen molar-refractivity contribution in [3.63, 3.8) is 0 Å². The molecule has 3 N–H and O–H groups in total. The first kappa shape index (κ1) is 12.6. The summed E-state index contributed by atoms with van der Waals surface area (Å²) in [6.45, 7) is 2.91. The van der Waals surface area contributed by atoms with Crippen LogP contribution < -0.4 is 16.0 Å². The molecule has 0 unspecified atom stereocenters. The Kier molecular flexibility index (Phi) is 3.61. The highest BCUT2D eigenvalue weighted by Crippen LogP contribution is 2.29. The third-order valence-corrected chi connectivity index (χ3v) is 3.50. The number of carbonyl (C=O) groups excluding carboxylic acids is 1. The molecule has 6 nitrogen and oxygen atoms in total. The summed E-state index contributed by atoms with van der Waals surface area (Å²) < 4.78 is 0.954. The minimum atomic E-state index is -0.0567. The largest absolute Gasteiger partial charge is 0.368 e. The van der Waals surface area contributed by atoms with Crippen LogP contribution in [0.3, 0.4) is 0 Å². The lowest BCUT2D eigenvalue weighted by molar-refractivity contribution is -0.119.